The highest BCUT2D eigenvalue weighted by atomic mass is 35.5. The normalized spacial score (nSPS) is 19.3. The van der Waals surface area contributed by atoms with Crippen molar-refractivity contribution in [1.82, 2.24) is 19.8 Å². The molecule has 2 aromatic carbocycles. The van der Waals surface area contributed by atoms with Gasteiger partial charge in [-0.05, 0) is 25.1 Å². The molecule has 5 rings (SSSR count). The monoisotopic (exact) mass is 567 g/mol. The van der Waals surface area contributed by atoms with Crippen molar-refractivity contribution in [3.63, 3.8) is 0 Å². The number of aromatic hydroxyl groups is 1. The highest BCUT2D eigenvalue weighted by Gasteiger charge is 2.43. The third-order valence-corrected chi connectivity index (χ3v) is 7.26. The van der Waals surface area contributed by atoms with Crippen LogP contribution >= 0.6 is 11.6 Å². The van der Waals surface area contributed by atoms with Crippen molar-refractivity contribution >= 4 is 34.2 Å². The van der Waals surface area contributed by atoms with Gasteiger partial charge in [0.15, 0.2) is 5.82 Å². The Morgan fingerprint density at radius 3 is 2.59 bits per heavy atom. The van der Waals surface area contributed by atoms with Gasteiger partial charge < -0.3 is 19.6 Å². The Bertz CT molecular complexity index is 1410. The number of hydrogen-bond donors (Lipinski definition) is 1. The first-order chi connectivity index (χ1) is 18.4. The van der Waals surface area contributed by atoms with Gasteiger partial charge in [0, 0.05) is 50.1 Å². The standard InChI is InChI=1S/C26H26ClF4N5O3/c1-14-11-35(6-7-36(14)15(2)37)24-16-10-17(27)20(21-18(28)4-3-5-19(21)38)22(29)23(16)32-25(33-24)39-9-8-34-12-26(30,31)13-34/h3-5,10,14,38H,6-9,11-13H2,1-2H3/t14-/m1/s1. The molecule has 0 aliphatic carbocycles. The first kappa shape index (κ1) is 27.2. The number of piperazine rings is 1. The Labute approximate surface area is 226 Å². The number of phenols is 1. The lowest BCUT2D eigenvalue weighted by Gasteiger charge is -2.40. The number of carbonyl (C=O) groups is 1. The molecule has 0 spiro atoms. The van der Waals surface area contributed by atoms with Gasteiger partial charge in [0.25, 0.3) is 5.92 Å². The van der Waals surface area contributed by atoms with Crippen molar-refractivity contribution in [2.45, 2.75) is 25.8 Å². The zero-order chi connectivity index (χ0) is 28.1. The van der Waals surface area contributed by atoms with Crippen molar-refractivity contribution in [2.24, 2.45) is 0 Å². The zero-order valence-corrected chi connectivity index (χ0v) is 22.0. The smallest absolute Gasteiger partial charge is 0.319 e. The van der Waals surface area contributed by atoms with Crippen LogP contribution in [-0.4, -0.2) is 88.6 Å². The molecule has 208 valence electrons. The molecule has 0 unspecified atom stereocenters. The van der Waals surface area contributed by atoms with Crippen molar-refractivity contribution in [1.29, 1.82) is 0 Å². The second-order valence-corrected chi connectivity index (χ2v) is 10.2. The maximum Gasteiger partial charge on any atom is 0.319 e. The van der Waals surface area contributed by atoms with Crippen LogP contribution in [0.3, 0.4) is 0 Å². The van der Waals surface area contributed by atoms with Crippen LogP contribution < -0.4 is 9.64 Å². The number of anilines is 1. The summed E-state index contributed by atoms with van der Waals surface area (Å²) in [4.78, 5) is 25.8. The van der Waals surface area contributed by atoms with E-state index in [1.165, 1.54) is 30.0 Å². The fourth-order valence-electron chi connectivity index (χ4n) is 5.10. The fourth-order valence-corrected chi connectivity index (χ4v) is 5.39. The summed E-state index contributed by atoms with van der Waals surface area (Å²) in [5.41, 5.74) is -0.992. The van der Waals surface area contributed by atoms with Gasteiger partial charge in [0.1, 0.15) is 29.5 Å². The van der Waals surface area contributed by atoms with Crippen LogP contribution in [0.5, 0.6) is 11.8 Å². The summed E-state index contributed by atoms with van der Waals surface area (Å²) in [5, 5.41) is 10.4. The number of halogens is 5. The zero-order valence-electron chi connectivity index (χ0n) is 21.2. The number of alkyl halides is 2. The lowest BCUT2D eigenvalue weighted by atomic mass is 10.0. The van der Waals surface area contributed by atoms with E-state index in [0.29, 0.717) is 25.5 Å². The van der Waals surface area contributed by atoms with Crippen LogP contribution in [0.15, 0.2) is 24.3 Å². The molecule has 0 saturated carbocycles. The van der Waals surface area contributed by atoms with E-state index in [9.17, 15) is 23.1 Å². The fraction of sp³-hybridized carbons (Fsp3) is 0.423. The summed E-state index contributed by atoms with van der Waals surface area (Å²) in [7, 11) is 0. The largest absolute Gasteiger partial charge is 0.507 e. The van der Waals surface area contributed by atoms with Crippen molar-refractivity contribution in [3.05, 3.63) is 40.9 Å². The molecule has 2 saturated heterocycles. The van der Waals surface area contributed by atoms with Gasteiger partial charge in [-0.15, -0.1) is 0 Å². The van der Waals surface area contributed by atoms with Gasteiger partial charge in [-0.25, -0.2) is 17.6 Å². The number of hydrogen-bond acceptors (Lipinski definition) is 7. The lowest BCUT2D eigenvalue weighted by Crippen LogP contribution is -2.57. The number of amides is 1. The number of fused-ring (bicyclic) bond motifs is 1. The Hall–Kier alpha value is -3.38. The van der Waals surface area contributed by atoms with Crippen LogP contribution in [0.25, 0.3) is 22.0 Å². The minimum atomic E-state index is -2.72. The van der Waals surface area contributed by atoms with Gasteiger partial charge >= 0.3 is 6.01 Å². The summed E-state index contributed by atoms with van der Waals surface area (Å²) in [6, 6.07) is 4.61. The predicted octanol–water partition coefficient (Wildman–Crippen LogP) is 4.32. The minimum Gasteiger partial charge on any atom is -0.507 e. The Morgan fingerprint density at radius 1 is 1.21 bits per heavy atom. The molecule has 0 bridgehead atoms. The number of likely N-dealkylation sites (tertiary alicyclic amines) is 1. The summed E-state index contributed by atoms with van der Waals surface area (Å²) in [6.07, 6.45) is 0. The van der Waals surface area contributed by atoms with Crippen LogP contribution in [-0.2, 0) is 4.79 Å². The summed E-state index contributed by atoms with van der Waals surface area (Å²) >= 11 is 6.45. The second-order valence-electron chi connectivity index (χ2n) is 9.83. The van der Waals surface area contributed by atoms with E-state index in [1.54, 1.807) is 4.90 Å². The summed E-state index contributed by atoms with van der Waals surface area (Å²) in [6.45, 7) is 3.95. The maximum atomic E-state index is 16.1. The molecule has 3 aromatic rings. The molecule has 8 nitrogen and oxygen atoms in total. The summed E-state index contributed by atoms with van der Waals surface area (Å²) < 4.78 is 62.7. The predicted molar refractivity (Wildman–Crippen MR) is 138 cm³/mol. The molecule has 1 amide bonds. The Morgan fingerprint density at radius 2 is 1.95 bits per heavy atom. The molecule has 2 aliphatic rings. The molecule has 3 heterocycles. The quantitative estimate of drug-likeness (QED) is 0.444. The number of benzene rings is 2. The van der Waals surface area contributed by atoms with E-state index >= 15 is 4.39 Å². The number of aromatic nitrogens is 2. The SMILES string of the molecule is CC(=O)N1CCN(c2nc(OCCN3CC(F)(F)C3)nc3c(F)c(-c4c(O)cccc4F)c(Cl)cc23)C[C@H]1C. The first-order valence-electron chi connectivity index (χ1n) is 12.4. The van der Waals surface area contributed by atoms with E-state index in [4.69, 9.17) is 16.3 Å². The lowest BCUT2D eigenvalue weighted by molar-refractivity contribution is -0.132. The molecular weight excluding hydrogens is 542 g/mol. The molecule has 39 heavy (non-hydrogen) atoms. The van der Waals surface area contributed by atoms with Gasteiger partial charge in [0.05, 0.1) is 23.7 Å². The minimum absolute atomic E-state index is 0.0221. The molecule has 1 aromatic heterocycles. The van der Waals surface area contributed by atoms with E-state index in [2.05, 4.69) is 9.97 Å². The van der Waals surface area contributed by atoms with Crippen LogP contribution in [0, 0.1) is 11.6 Å². The van der Waals surface area contributed by atoms with E-state index in [-0.39, 0.29) is 65.7 Å². The van der Waals surface area contributed by atoms with Crippen molar-refractivity contribution < 1.29 is 32.2 Å². The molecule has 1 N–H and O–H groups in total. The average Bonchev–Trinajstić information content (AvgIpc) is 2.84. The molecule has 1 atom stereocenters. The molecular formula is C26H26ClF4N5O3. The van der Waals surface area contributed by atoms with Crippen molar-refractivity contribution in [2.75, 3.05) is 50.8 Å². The molecule has 2 fully saturated rings. The Balaban J connectivity index is 1.56. The summed E-state index contributed by atoms with van der Waals surface area (Å²) in [5.74, 6) is -4.85. The van der Waals surface area contributed by atoms with Crippen LogP contribution in [0.2, 0.25) is 5.02 Å². The van der Waals surface area contributed by atoms with E-state index < -0.39 is 28.9 Å². The number of nitrogens with zero attached hydrogens (tertiary/aromatic N) is 5. The molecule has 0 radical (unpaired) electrons. The average molecular weight is 568 g/mol. The second kappa shape index (κ2) is 10.3. The first-order valence-corrected chi connectivity index (χ1v) is 12.8. The number of rotatable bonds is 6. The highest BCUT2D eigenvalue weighted by molar-refractivity contribution is 6.34. The number of ether oxygens (including phenoxy) is 1. The maximum absolute atomic E-state index is 16.1. The third-order valence-electron chi connectivity index (χ3n) is 6.96. The van der Waals surface area contributed by atoms with Gasteiger partial charge in [-0.2, -0.15) is 9.97 Å². The van der Waals surface area contributed by atoms with Gasteiger partial charge in [-0.1, -0.05) is 17.7 Å². The number of phenolic OH excluding ortho intramolecular Hbond substituents is 1. The highest BCUT2D eigenvalue weighted by Crippen LogP contribution is 2.42. The third kappa shape index (κ3) is 5.27. The van der Waals surface area contributed by atoms with E-state index in [0.717, 1.165) is 6.07 Å². The molecule has 2 aliphatic heterocycles. The van der Waals surface area contributed by atoms with E-state index in [1.807, 2.05) is 11.8 Å². The topological polar surface area (TPSA) is 82.0 Å². The van der Waals surface area contributed by atoms with Crippen LogP contribution in [0.4, 0.5) is 23.4 Å². The Kier molecular flexibility index (Phi) is 7.19. The van der Waals surface area contributed by atoms with Crippen LogP contribution in [0.1, 0.15) is 13.8 Å². The molecule has 13 heteroatoms. The van der Waals surface area contributed by atoms with Gasteiger partial charge in [-0.3, -0.25) is 9.69 Å². The number of carbonyl (C=O) groups excluding carboxylic acids is 1. The van der Waals surface area contributed by atoms with Gasteiger partial charge in [0.2, 0.25) is 5.91 Å². The van der Waals surface area contributed by atoms with Crippen molar-refractivity contribution in [3.8, 4) is 22.9 Å².